The van der Waals surface area contributed by atoms with Crippen LogP contribution in [-0.2, 0) is 18.9 Å². The second-order valence-electron chi connectivity index (χ2n) is 7.10. The highest BCUT2D eigenvalue weighted by molar-refractivity contribution is 5.52. The Hall–Kier alpha value is -2.82. The Morgan fingerprint density at radius 2 is 1.57 bits per heavy atom. The molecular formula is C19H17F6N5. The molecule has 3 heterocycles. The van der Waals surface area contributed by atoms with Crippen molar-refractivity contribution in [3.63, 3.8) is 0 Å². The van der Waals surface area contributed by atoms with Crippen LogP contribution in [0.5, 0.6) is 0 Å². The molecule has 5 nitrogen and oxygen atoms in total. The molecule has 0 atom stereocenters. The number of aromatic nitrogens is 3. The number of alkyl halides is 6. The van der Waals surface area contributed by atoms with Crippen LogP contribution in [-0.4, -0.2) is 45.7 Å². The van der Waals surface area contributed by atoms with Crippen molar-refractivity contribution in [3.8, 4) is 0 Å². The van der Waals surface area contributed by atoms with E-state index in [0.717, 1.165) is 16.5 Å². The van der Waals surface area contributed by atoms with Gasteiger partial charge in [-0.05, 0) is 23.8 Å². The van der Waals surface area contributed by atoms with Crippen molar-refractivity contribution in [1.29, 1.82) is 0 Å². The summed E-state index contributed by atoms with van der Waals surface area (Å²) in [5, 5.41) is 6.76. The van der Waals surface area contributed by atoms with Crippen LogP contribution >= 0.6 is 0 Å². The van der Waals surface area contributed by atoms with E-state index in [1.54, 1.807) is 12.1 Å². The van der Waals surface area contributed by atoms with Gasteiger partial charge >= 0.3 is 12.4 Å². The predicted octanol–water partition coefficient (Wildman–Crippen LogP) is 4.09. The van der Waals surface area contributed by atoms with Gasteiger partial charge in [-0.3, -0.25) is 9.30 Å². The molecule has 0 spiro atoms. The first-order valence-corrected chi connectivity index (χ1v) is 9.17. The summed E-state index contributed by atoms with van der Waals surface area (Å²) in [5.41, 5.74) is 0.598. The first kappa shape index (κ1) is 20.5. The smallest absolute Gasteiger partial charge is 0.368 e. The van der Waals surface area contributed by atoms with Crippen LogP contribution in [0.3, 0.4) is 0 Å². The van der Waals surface area contributed by atoms with E-state index < -0.39 is 23.7 Å². The fraction of sp³-hybridized carbons (Fsp3) is 0.368. The van der Waals surface area contributed by atoms with Crippen LogP contribution in [0.2, 0.25) is 0 Å². The minimum Gasteiger partial charge on any atom is -0.368 e. The highest BCUT2D eigenvalue weighted by atomic mass is 19.4. The SMILES string of the molecule is FC(F)(F)c1cccc(CN2CCN(c3ccc4nnc(C(F)(F)F)n4c3)CC2)c1. The van der Waals surface area contributed by atoms with E-state index in [9.17, 15) is 26.3 Å². The van der Waals surface area contributed by atoms with E-state index in [0.29, 0.717) is 44.0 Å². The summed E-state index contributed by atoms with van der Waals surface area (Å²) < 4.78 is 78.8. The first-order valence-electron chi connectivity index (χ1n) is 9.17. The van der Waals surface area contributed by atoms with Gasteiger partial charge < -0.3 is 4.90 Å². The number of nitrogens with zero attached hydrogens (tertiary/aromatic N) is 5. The van der Waals surface area contributed by atoms with Gasteiger partial charge in [-0.25, -0.2) is 0 Å². The first-order chi connectivity index (χ1) is 14.1. The number of pyridine rings is 1. The van der Waals surface area contributed by atoms with Crippen molar-refractivity contribution in [2.24, 2.45) is 0 Å². The molecule has 3 aromatic rings. The average Bonchev–Trinajstić information content (AvgIpc) is 3.12. The molecule has 160 valence electrons. The molecule has 4 rings (SSSR count). The number of rotatable bonds is 3. The molecule has 0 amide bonds. The molecule has 1 aliphatic rings. The van der Waals surface area contributed by atoms with E-state index in [-0.39, 0.29) is 5.65 Å². The zero-order chi connectivity index (χ0) is 21.5. The fourth-order valence-corrected chi connectivity index (χ4v) is 3.53. The lowest BCUT2D eigenvalue weighted by atomic mass is 10.1. The Bertz CT molecular complexity index is 1030. The Balaban J connectivity index is 1.44. The summed E-state index contributed by atoms with van der Waals surface area (Å²) >= 11 is 0. The van der Waals surface area contributed by atoms with Gasteiger partial charge in [0.25, 0.3) is 0 Å². The number of benzene rings is 1. The second kappa shape index (κ2) is 7.46. The molecule has 1 aromatic carbocycles. The van der Waals surface area contributed by atoms with Gasteiger partial charge in [0.1, 0.15) is 0 Å². The predicted molar refractivity (Wildman–Crippen MR) is 96.9 cm³/mol. The maximum absolute atomic E-state index is 13.1. The molecule has 0 unspecified atom stereocenters. The number of hydrogen-bond donors (Lipinski definition) is 0. The molecule has 0 N–H and O–H groups in total. The molecule has 1 aliphatic heterocycles. The van der Waals surface area contributed by atoms with Crippen LogP contribution in [0.1, 0.15) is 17.0 Å². The molecule has 0 saturated carbocycles. The lowest BCUT2D eigenvalue weighted by Gasteiger charge is -2.36. The third-order valence-electron chi connectivity index (χ3n) is 5.04. The lowest BCUT2D eigenvalue weighted by molar-refractivity contribution is -0.145. The normalized spacial score (nSPS) is 16.4. The van der Waals surface area contributed by atoms with Crippen molar-refractivity contribution in [1.82, 2.24) is 19.5 Å². The number of halogens is 6. The van der Waals surface area contributed by atoms with Crippen LogP contribution in [0.4, 0.5) is 32.0 Å². The van der Waals surface area contributed by atoms with Gasteiger partial charge in [-0.1, -0.05) is 18.2 Å². The summed E-state index contributed by atoms with van der Waals surface area (Å²) in [6, 6.07) is 8.39. The van der Waals surface area contributed by atoms with Crippen LogP contribution < -0.4 is 4.90 Å². The summed E-state index contributed by atoms with van der Waals surface area (Å²) in [5.74, 6) is -1.08. The molecule has 2 aromatic heterocycles. The largest absolute Gasteiger partial charge is 0.452 e. The molecule has 1 fully saturated rings. The third-order valence-corrected chi connectivity index (χ3v) is 5.04. The zero-order valence-corrected chi connectivity index (χ0v) is 15.6. The van der Waals surface area contributed by atoms with Crippen molar-refractivity contribution >= 4 is 11.3 Å². The average molecular weight is 429 g/mol. The summed E-state index contributed by atoms with van der Waals surface area (Å²) in [4.78, 5) is 3.95. The van der Waals surface area contributed by atoms with Crippen molar-refractivity contribution < 1.29 is 26.3 Å². The minimum absolute atomic E-state index is 0.106. The van der Waals surface area contributed by atoms with Gasteiger partial charge in [-0.15, -0.1) is 10.2 Å². The molecule has 0 radical (unpaired) electrons. The third kappa shape index (κ3) is 4.20. The maximum atomic E-state index is 13.1. The maximum Gasteiger partial charge on any atom is 0.452 e. The van der Waals surface area contributed by atoms with Crippen LogP contribution in [0, 0.1) is 0 Å². The highest BCUT2D eigenvalue weighted by Gasteiger charge is 2.37. The van der Waals surface area contributed by atoms with Crippen LogP contribution in [0.15, 0.2) is 42.6 Å². The number of anilines is 1. The molecule has 11 heteroatoms. The van der Waals surface area contributed by atoms with E-state index in [4.69, 9.17) is 0 Å². The quantitative estimate of drug-likeness (QED) is 0.588. The highest BCUT2D eigenvalue weighted by Crippen LogP contribution is 2.31. The summed E-state index contributed by atoms with van der Waals surface area (Å²) in [7, 11) is 0. The number of piperazine rings is 1. The van der Waals surface area contributed by atoms with Gasteiger partial charge in [0.2, 0.25) is 5.82 Å². The van der Waals surface area contributed by atoms with Gasteiger partial charge in [0.05, 0.1) is 11.3 Å². The molecule has 30 heavy (non-hydrogen) atoms. The van der Waals surface area contributed by atoms with Crippen molar-refractivity contribution in [2.45, 2.75) is 18.9 Å². The van der Waals surface area contributed by atoms with Gasteiger partial charge in [0, 0.05) is 38.9 Å². The fourth-order valence-electron chi connectivity index (χ4n) is 3.53. The second-order valence-corrected chi connectivity index (χ2v) is 7.10. The summed E-state index contributed by atoms with van der Waals surface area (Å²) in [6.45, 7) is 2.59. The monoisotopic (exact) mass is 429 g/mol. The van der Waals surface area contributed by atoms with Crippen molar-refractivity contribution in [2.75, 3.05) is 31.1 Å². The topological polar surface area (TPSA) is 36.7 Å². The van der Waals surface area contributed by atoms with E-state index in [1.807, 2.05) is 9.80 Å². The molecular weight excluding hydrogens is 412 g/mol. The molecule has 1 saturated heterocycles. The zero-order valence-electron chi connectivity index (χ0n) is 15.6. The standard InChI is InChI=1S/C19H17F6N5/c20-18(21,22)14-3-1-2-13(10-14)11-28-6-8-29(9-7-28)15-4-5-16-26-27-17(19(23,24)25)30(16)12-15/h1-5,10,12H,6-9,11H2. The molecule has 0 bridgehead atoms. The van der Waals surface area contributed by atoms with E-state index in [2.05, 4.69) is 10.2 Å². The van der Waals surface area contributed by atoms with Crippen LogP contribution in [0.25, 0.3) is 5.65 Å². The molecule has 0 aliphatic carbocycles. The van der Waals surface area contributed by atoms with Crippen molar-refractivity contribution in [3.05, 3.63) is 59.5 Å². The van der Waals surface area contributed by atoms with Gasteiger partial charge in [0.15, 0.2) is 5.65 Å². The number of hydrogen-bond acceptors (Lipinski definition) is 4. The van der Waals surface area contributed by atoms with E-state index >= 15 is 0 Å². The Kier molecular flexibility index (Phi) is 5.08. The minimum atomic E-state index is -4.61. The number of fused-ring (bicyclic) bond motifs is 1. The lowest BCUT2D eigenvalue weighted by Crippen LogP contribution is -2.46. The Morgan fingerprint density at radius 3 is 2.23 bits per heavy atom. The Labute approximate surface area is 167 Å². The Morgan fingerprint density at radius 1 is 0.833 bits per heavy atom. The van der Waals surface area contributed by atoms with E-state index in [1.165, 1.54) is 18.3 Å². The summed E-state index contributed by atoms with van der Waals surface area (Å²) in [6.07, 6.45) is -7.63. The van der Waals surface area contributed by atoms with Gasteiger partial charge in [-0.2, -0.15) is 26.3 Å².